The van der Waals surface area contributed by atoms with Gasteiger partial charge in [0.1, 0.15) is 11.3 Å². The number of fused-ring (bicyclic) bond motifs is 1. The van der Waals surface area contributed by atoms with Gasteiger partial charge in [-0.2, -0.15) is 5.10 Å². The number of nitrogens with zero attached hydrogens (tertiary/aromatic N) is 2. The highest BCUT2D eigenvalue weighted by molar-refractivity contribution is 9.10. The molecule has 0 bridgehead atoms. The van der Waals surface area contributed by atoms with Crippen LogP contribution in [0.15, 0.2) is 39.2 Å². The van der Waals surface area contributed by atoms with E-state index in [-0.39, 0.29) is 6.04 Å². The molecule has 2 aromatic heterocycles. The van der Waals surface area contributed by atoms with Crippen molar-refractivity contribution in [2.75, 3.05) is 7.05 Å². The molecule has 0 saturated carbocycles. The van der Waals surface area contributed by atoms with Gasteiger partial charge in [0, 0.05) is 18.9 Å². The Kier molecular flexibility index (Phi) is 3.87. The Labute approximate surface area is 132 Å². The van der Waals surface area contributed by atoms with E-state index in [1.807, 2.05) is 43.9 Å². The Hall–Kier alpha value is -1.59. The predicted octanol–water partition coefficient (Wildman–Crippen LogP) is 3.74. The van der Waals surface area contributed by atoms with Gasteiger partial charge >= 0.3 is 0 Å². The third kappa shape index (κ3) is 2.63. The molecule has 3 aromatic rings. The number of aryl methyl sites for hydroxylation is 2. The van der Waals surface area contributed by atoms with Crippen molar-refractivity contribution >= 4 is 26.9 Å². The van der Waals surface area contributed by atoms with E-state index in [0.29, 0.717) is 0 Å². The summed E-state index contributed by atoms with van der Waals surface area (Å²) in [6, 6.07) is 10.3. The zero-order chi connectivity index (χ0) is 15.0. The van der Waals surface area contributed by atoms with Crippen LogP contribution in [-0.4, -0.2) is 16.8 Å². The van der Waals surface area contributed by atoms with Crippen molar-refractivity contribution in [1.82, 2.24) is 15.1 Å². The third-order valence-electron chi connectivity index (χ3n) is 3.80. The molecular formula is C16H18BrN3O. The molecule has 21 heavy (non-hydrogen) atoms. The Morgan fingerprint density at radius 2 is 2.14 bits per heavy atom. The zero-order valence-corrected chi connectivity index (χ0v) is 13.9. The fourth-order valence-electron chi connectivity index (χ4n) is 2.61. The minimum absolute atomic E-state index is 0.114. The molecule has 1 N–H and O–H groups in total. The predicted molar refractivity (Wildman–Crippen MR) is 87.4 cm³/mol. The van der Waals surface area contributed by atoms with Gasteiger partial charge in [0.25, 0.3) is 0 Å². The van der Waals surface area contributed by atoms with E-state index in [0.717, 1.165) is 39.0 Å². The summed E-state index contributed by atoms with van der Waals surface area (Å²) in [5, 5.41) is 8.91. The number of hydrogen-bond donors (Lipinski definition) is 1. The van der Waals surface area contributed by atoms with Gasteiger partial charge in [0.05, 0.1) is 21.9 Å². The topological polar surface area (TPSA) is 43.0 Å². The van der Waals surface area contributed by atoms with Gasteiger partial charge in [-0.15, -0.1) is 0 Å². The Balaban J connectivity index is 1.94. The first-order chi connectivity index (χ1) is 10.1. The molecule has 5 heteroatoms. The summed E-state index contributed by atoms with van der Waals surface area (Å²) in [7, 11) is 3.92. The van der Waals surface area contributed by atoms with Crippen molar-refractivity contribution in [3.8, 4) is 0 Å². The van der Waals surface area contributed by atoms with Gasteiger partial charge in [-0.05, 0) is 42.0 Å². The molecule has 0 radical (unpaired) electrons. The highest BCUT2D eigenvalue weighted by Crippen LogP contribution is 2.29. The molecule has 1 atom stereocenters. The van der Waals surface area contributed by atoms with E-state index in [2.05, 4.69) is 38.5 Å². The summed E-state index contributed by atoms with van der Waals surface area (Å²) in [4.78, 5) is 0. The Morgan fingerprint density at radius 3 is 2.76 bits per heavy atom. The second-order valence-corrected chi connectivity index (χ2v) is 5.99. The van der Waals surface area contributed by atoms with E-state index in [1.54, 1.807) is 0 Å². The van der Waals surface area contributed by atoms with Gasteiger partial charge in [-0.1, -0.05) is 18.2 Å². The summed E-state index contributed by atoms with van der Waals surface area (Å²) in [5.41, 5.74) is 3.09. The van der Waals surface area contributed by atoms with Crippen LogP contribution >= 0.6 is 15.9 Å². The van der Waals surface area contributed by atoms with Crippen LogP contribution < -0.4 is 5.32 Å². The maximum absolute atomic E-state index is 5.97. The number of hydrogen-bond acceptors (Lipinski definition) is 3. The first-order valence-corrected chi connectivity index (χ1v) is 7.73. The lowest BCUT2D eigenvalue weighted by atomic mass is 10.1. The van der Waals surface area contributed by atoms with Gasteiger partial charge < -0.3 is 9.73 Å². The molecule has 4 nitrogen and oxygen atoms in total. The maximum Gasteiger partial charge on any atom is 0.134 e. The molecule has 3 rings (SSSR count). The molecule has 0 saturated heterocycles. The summed E-state index contributed by atoms with van der Waals surface area (Å²) in [5.74, 6) is 0.949. The summed E-state index contributed by atoms with van der Waals surface area (Å²) < 4.78 is 8.97. The Morgan fingerprint density at radius 1 is 1.38 bits per heavy atom. The molecule has 110 valence electrons. The van der Waals surface area contributed by atoms with Crippen LogP contribution in [-0.2, 0) is 13.5 Å². The highest BCUT2D eigenvalue weighted by Gasteiger charge is 2.20. The van der Waals surface area contributed by atoms with Crippen molar-refractivity contribution in [3.05, 3.63) is 52.0 Å². The number of furan rings is 1. The zero-order valence-electron chi connectivity index (χ0n) is 12.4. The number of benzene rings is 1. The van der Waals surface area contributed by atoms with Gasteiger partial charge in [-0.3, -0.25) is 4.68 Å². The monoisotopic (exact) mass is 347 g/mol. The number of rotatable bonds is 4. The molecular weight excluding hydrogens is 330 g/mol. The van der Waals surface area contributed by atoms with E-state index in [1.165, 1.54) is 0 Å². The van der Waals surface area contributed by atoms with Crippen LogP contribution in [0.1, 0.15) is 23.2 Å². The van der Waals surface area contributed by atoms with Crippen molar-refractivity contribution < 1.29 is 4.42 Å². The number of para-hydroxylation sites is 1. The number of likely N-dealkylation sites (N-methyl/N-ethyl adjacent to an activating group) is 1. The van der Waals surface area contributed by atoms with Crippen molar-refractivity contribution in [3.63, 3.8) is 0 Å². The minimum Gasteiger partial charge on any atom is -0.459 e. The molecule has 0 fully saturated rings. The quantitative estimate of drug-likeness (QED) is 0.781. The van der Waals surface area contributed by atoms with Crippen LogP contribution in [0.5, 0.6) is 0 Å². The molecule has 0 aliphatic rings. The molecule has 2 heterocycles. The summed E-state index contributed by atoms with van der Waals surface area (Å²) in [6.45, 7) is 2.00. The van der Waals surface area contributed by atoms with Crippen LogP contribution in [0.25, 0.3) is 11.0 Å². The number of aromatic nitrogens is 2. The van der Waals surface area contributed by atoms with Crippen LogP contribution in [0.4, 0.5) is 0 Å². The average Bonchev–Trinajstić information content (AvgIpc) is 3.00. The fraction of sp³-hybridized carbons (Fsp3) is 0.312. The van der Waals surface area contributed by atoms with Crippen LogP contribution in [0.3, 0.4) is 0 Å². The number of nitrogens with one attached hydrogen (secondary N) is 1. The minimum atomic E-state index is 0.114. The molecule has 0 aliphatic heterocycles. The molecule has 0 amide bonds. The second-order valence-electron chi connectivity index (χ2n) is 5.20. The second kappa shape index (κ2) is 5.66. The fourth-order valence-corrected chi connectivity index (χ4v) is 3.11. The van der Waals surface area contributed by atoms with Gasteiger partial charge in [-0.25, -0.2) is 0 Å². The van der Waals surface area contributed by atoms with E-state index in [9.17, 15) is 0 Å². The lowest BCUT2D eigenvalue weighted by molar-refractivity contribution is 0.443. The smallest absolute Gasteiger partial charge is 0.134 e. The van der Waals surface area contributed by atoms with E-state index >= 15 is 0 Å². The van der Waals surface area contributed by atoms with Crippen LogP contribution in [0.2, 0.25) is 0 Å². The first-order valence-electron chi connectivity index (χ1n) is 6.94. The van der Waals surface area contributed by atoms with E-state index < -0.39 is 0 Å². The van der Waals surface area contributed by atoms with Crippen molar-refractivity contribution in [1.29, 1.82) is 0 Å². The van der Waals surface area contributed by atoms with E-state index in [4.69, 9.17) is 4.42 Å². The van der Waals surface area contributed by atoms with Gasteiger partial charge in [0.2, 0.25) is 0 Å². The summed E-state index contributed by atoms with van der Waals surface area (Å²) in [6.07, 6.45) is 0.814. The van der Waals surface area contributed by atoms with Crippen molar-refractivity contribution in [2.24, 2.45) is 7.05 Å². The van der Waals surface area contributed by atoms with Crippen LogP contribution in [0, 0.1) is 6.92 Å². The first kappa shape index (κ1) is 14.4. The molecule has 0 aliphatic carbocycles. The third-order valence-corrected chi connectivity index (χ3v) is 4.83. The standard InChI is InChI=1S/C16H18BrN3O/c1-10-16(17)13(20(3)19-10)9-12(18-2)15-8-11-6-4-5-7-14(11)21-15/h4-8,12,18H,9H2,1-3H3. The molecule has 0 spiro atoms. The normalized spacial score (nSPS) is 13.0. The maximum atomic E-state index is 5.97. The lowest BCUT2D eigenvalue weighted by Crippen LogP contribution is -2.19. The lowest BCUT2D eigenvalue weighted by Gasteiger charge is -2.14. The Bertz CT molecular complexity index is 742. The molecule has 1 unspecified atom stereocenters. The highest BCUT2D eigenvalue weighted by atomic mass is 79.9. The average molecular weight is 348 g/mol. The number of halogens is 1. The van der Waals surface area contributed by atoms with Gasteiger partial charge in [0.15, 0.2) is 0 Å². The SMILES string of the molecule is CNC(Cc1c(Br)c(C)nn1C)c1cc2ccccc2o1. The largest absolute Gasteiger partial charge is 0.459 e. The molecule has 1 aromatic carbocycles. The van der Waals surface area contributed by atoms with Crippen molar-refractivity contribution in [2.45, 2.75) is 19.4 Å². The summed E-state index contributed by atoms with van der Waals surface area (Å²) >= 11 is 3.62.